The monoisotopic (exact) mass is 639 g/mol. The Hall–Kier alpha value is -2.44. The highest BCUT2D eigenvalue weighted by Gasteiger charge is 2.31. The predicted octanol–water partition coefficient (Wildman–Crippen LogP) is 5.39. The number of hydrogen-bond donors (Lipinski definition) is 2. The normalized spacial score (nSPS) is 15.2. The van der Waals surface area contributed by atoms with Gasteiger partial charge in [0.2, 0.25) is 15.9 Å². The molecule has 0 saturated carbocycles. The van der Waals surface area contributed by atoms with Gasteiger partial charge in [0.05, 0.1) is 16.3 Å². The van der Waals surface area contributed by atoms with E-state index in [0.717, 1.165) is 10.0 Å². The summed E-state index contributed by atoms with van der Waals surface area (Å²) in [6, 6.07) is 18.0. The van der Waals surface area contributed by atoms with Crippen molar-refractivity contribution in [1.82, 2.24) is 4.31 Å². The summed E-state index contributed by atoms with van der Waals surface area (Å²) in [7, 11) is -7.34. The van der Waals surface area contributed by atoms with Crippen molar-refractivity contribution in [2.75, 3.05) is 23.1 Å². The summed E-state index contributed by atoms with van der Waals surface area (Å²) in [6.45, 7) is 2.31. The molecule has 0 aliphatic carbocycles. The highest BCUT2D eigenvalue weighted by molar-refractivity contribution is 9.10. The maximum absolute atomic E-state index is 12.8. The lowest BCUT2D eigenvalue weighted by atomic mass is 9.97. The maximum Gasteiger partial charge on any atom is 0.261 e. The molecular formula is C26H27BrClN3O5S2. The van der Waals surface area contributed by atoms with Crippen LogP contribution in [0.1, 0.15) is 24.0 Å². The molecule has 0 unspecified atom stereocenters. The first kappa shape index (κ1) is 28.6. The van der Waals surface area contributed by atoms with Crippen molar-refractivity contribution in [1.29, 1.82) is 0 Å². The van der Waals surface area contributed by atoms with E-state index in [0.29, 0.717) is 34.8 Å². The Kier molecular flexibility index (Phi) is 8.83. The Morgan fingerprint density at radius 2 is 1.61 bits per heavy atom. The molecule has 0 atom stereocenters. The van der Waals surface area contributed by atoms with Gasteiger partial charge in [-0.15, -0.1) is 0 Å². The highest BCUT2D eigenvalue weighted by Crippen LogP contribution is 2.26. The summed E-state index contributed by atoms with van der Waals surface area (Å²) >= 11 is 9.33. The molecule has 4 rings (SSSR count). The average molecular weight is 641 g/mol. The second kappa shape index (κ2) is 11.7. The fraction of sp³-hybridized carbons (Fsp3) is 0.269. The van der Waals surface area contributed by atoms with Gasteiger partial charge in [-0.1, -0.05) is 45.7 Å². The molecule has 1 aliphatic heterocycles. The van der Waals surface area contributed by atoms with E-state index in [9.17, 15) is 21.6 Å². The number of carbonyl (C=O) groups is 1. The van der Waals surface area contributed by atoms with Crippen molar-refractivity contribution in [2.45, 2.75) is 30.4 Å². The van der Waals surface area contributed by atoms with Gasteiger partial charge < -0.3 is 5.32 Å². The molecule has 3 aromatic rings. The van der Waals surface area contributed by atoms with E-state index in [-0.39, 0.29) is 35.6 Å². The van der Waals surface area contributed by atoms with Crippen molar-refractivity contribution < 1.29 is 21.6 Å². The van der Waals surface area contributed by atoms with Gasteiger partial charge in [0.15, 0.2) is 0 Å². The molecule has 2 N–H and O–H groups in total. The zero-order chi connectivity index (χ0) is 27.5. The van der Waals surface area contributed by atoms with Gasteiger partial charge in [0.1, 0.15) is 0 Å². The molecule has 38 heavy (non-hydrogen) atoms. The molecule has 0 radical (unpaired) electrons. The van der Waals surface area contributed by atoms with Crippen molar-refractivity contribution in [3.05, 3.63) is 87.4 Å². The Morgan fingerprint density at radius 3 is 2.24 bits per heavy atom. The van der Waals surface area contributed by atoms with Crippen LogP contribution < -0.4 is 10.0 Å². The lowest BCUT2D eigenvalue weighted by Gasteiger charge is -2.30. The quantitative estimate of drug-likeness (QED) is 0.343. The Bertz CT molecular complexity index is 1520. The smallest absolute Gasteiger partial charge is 0.261 e. The molecule has 1 amide bonds. The van der Waals surface area contributed by atoms with Crippen LogP contribution in [0.2, 0.25) is 5.02 Å². The van der Waals surface area contributed by atoms with Crippen LogP contribution in [0.25, 0.3) is 0 Å². The minimum Gasteiger partial charge on any atom is -0.326 e. The summed E-state index contributed by atoms with van der Waals surface area (Å²) in [4.78, 5) is 12.9. The van der Waals surface area contributed by atoms with E-state index in [1.165, 1.54) is 28.6 Å². The number of anilines is 2. The van der Waals surface area contributed by atoms with E-state index >= 15 is 0 Å². The Labute approximate surface area is 236 Å². The Morgan fingerprint density at radius 1 is 0.974 bits per heavy atom. The lowest BCUT2D eigenvalue weighted by Crippen LogP contribution is -2.41. The number of hydrogen-bond acceptors (Lipinski definition) is 5. The first-order chi connectivity index (χ1) is 17.9. The maximum atomic E-state index is 12.8. The van der Waals surface area contributed by atoms with Gasteiger partial charge in [-0.25, -0.2) is 21.1 Å². The number of halogens is 2. The molecule has 8 nitrogen and oxygen atoms in total. The molecule has 1 fully saturated rings. The molecular weight excluding hydrogens is 614 g/mol. The van der Waals surface area contributed by atoms with E-state index in [1.807, 2.05) is 0 Å². The van der Waals surface area contributed by atoms with E-state index in [1.54, 1.807) is 49.4 Å². The van der Waals surface area contributed by atoms with Crippen molar-refractivity contribution in [3.63, 3.8) is 0 Å². The molecule has 1 aliphatic rings. The van der Waals surface area contributed by atoms with E-state index < -0.39 is 20.0 Å². The minimum atomic E-state index is -3.85. The summed E-state index contributed by atoms with van der Waals surface area (Å²) in [5.41, 5.74) is 2.28. The number of sulfonamides is 2. The third-order valence-electron chi connectivity index (χ3n) is 6.36. The molecule has 3 aromatic carbocycles. The average Bonchev–Trinajstić information content (AvgIpc) is 2.88. The van der Waals surface area contributed by atoms with Crippen molar-refractivity contribution >= 4 is 64.9 Å². The number of aryl methyl sites for hydroxylation is 1. The minimum absolute atomic E-state index is 0.0409. The number of benzene rings is 3. The van der Waals surface area contributed by atoms with Crippen LogP contribution in [0.3, 0.4) is 0 Å². The van der Waals surface area contributed by atoms with Crippen LogP contribution in [-0.2, 0) is 30.6 Å². The summed E-state index contributed by atoms with van der Waals surface area (Å²) < 4.78 is 56.1. The second-order valence-electron chi connectivity index (χ2n) is 9.13. The van der Waals surface area contributed by atoms with Crippen LogP contribution in [0.4, 0.5) is 11.4 Å². The fourth-order valence-electron chi connectivity index (χ4n) is 4.15. The van der Waals surface area contributed by atoms with Gasteiger partial charge in [-0.05, 0) is 79.4 Å². The van der Waals surface area contributed by atoms with Gasteiger partial charge in [-0.2, -0.15) is 0 Å². The van der Waals surface area contributed by atoms with E-state index in [4.69, 9.17) is 11.6 Å². The first-order valence-electron chi connectivity index (χ1n) is 11.9. The molecule has 202 valence electrons. The molecule has 12 heteroatoms. The van der Waals surface area contributed by atoms with Crippen molar-refractivity contribution in [2.24, 2.45) is 5.92 Å². The van der Waals surface area contributed by atoms with Crippen LogP contribution >= 0.6 is 27.5 Å². The standard InChI is InChI=1S/C26H27BrClN3O5S2/c1-18-2-7-22(28)16-25(18)30-38(35,36)24-10-8-23(9-11-24)29-26(32)20-12-14-31(15-13-20)37(33,34)17-19-3-5-21(27)6-4-19/h2-11,16,20,30H,12-15,17H2,1H3,(H,29,32). The van der Waals surface area contributed by atoms with E-state index in [2.05, 4.69) is 26.0 Å². The van der Waals surface area contributed by atoms with Crippen LogP contribution in [0, 0.1) is 12.8 Å². The van der Waals surface area contributed by atoms with Crippen LogP contribution in [0.5, 0.6) is 0 Å². The first-order valence-corrected chi connectivity index (χ1v) is 16.1. The predicted molar refractivity (Wildman–Crippen MR) is 153 cm³/mol. The largest absolute Gasteiger partial charge is 0.326 e. The number of piperidine rings is 1. The third kappa shape index (κ3) is 7.15. The summed E-state index contributed by atoms with van der Waals surface area (Å²) in [5.74, 6) is -0.652. The van der Waals surface area contributed by atoms with Gasteiger partial charge in [0.25, 0.3) is 10.0 Å². The molecule has 0 spiro atoms. The lowest BCUT2D eigenvalue weighted by molar-refractivity contribution is -0.120. The van der Waals surface area contributed by atoms with Gasteiger partial charge in [-0.3, -0.25) is 9.52 Å². The summed E-state index contributed by atoms with van der Waals surface area (Å²) in [6.07, 6.45) is 0.807. The molecule has 0 aromatic heterocycles. The second-order valence-corrected chi connectivity index (χ2v) is 14.1. The number of nitrogens with zero attached hydrogens (tertiary/aromatic N) is 1. The fourth-order valence-corrected chi connectivity index (χ4v) is 7.27. The number of carbonyl (C=O) groups excluding carboxylic acids is 1. The zero-order valence-electron chi connectivity index (χ0n) is 20.5. The SMILES string of the molecule is Cc1ccc(Cl)cc1NS(=O)(=O)c1ccc(NC(=O)C2CCN(S(=O)(=O)Cc3ccc(Br)cc3)CC2)cc1. The number of amides is 1. The molecule has 1 saturated heterocycles. The third-order valence-corrected chi connectivity index (χ3v) is 10.4. The van der Waals surface area contributed by atoms with Gasteiger partial charge in [0, 0.05) is 34.2 Å². The Balaban J connectivity index is 1.32. The summed E-state index contributed by atoms with van der Waals surface area (Å²) in [5, 5.41) is 3.23. The van der Waals surface area contributed by atoms with Crippen LogP contribution in [-0.4, -0.2) is 40.1 Å². The van der Waals surface area contributed by atoms with Crippen molar-refractivity contribution in [3.8, 4) is 0 Å². The molecule has 1 heterocycles. The van der Waals surface area contributed by atoms with Crippen LogP contribution in [0.15, 0.2) is 76.1 Å². The zero-order valence-corrected chi connectivity index (χ0v) is 24.5. The number of nitrogens with one attached hydrogen (secondary N) is 2. The highest BCUT2D eigenvalue weighted by atomic mass is 79.9. The number of rotatable bonds is 8. The van der Waals surface area contributed by atoms with Gasteiger partial charge >= 0.3 is 0 Å². The topological polar surface area (TPSA) is 113 Å². The molecule has 0 bridgehead atoms.